The van der Waals surface area contributed by atoms with Crippen LogP contribution in [0.3, 0.4) is 0 Å². The van der Waals surface area contributed by atoms with Crippen LogP contribution in [0.15, 0.2) is 22.7 Å². The van der Waals surface area contributed by atoms with Crippen LogP contribution in [-0.2, 0) is 6.54 Å². The summed E-state index contributed by atoms with van der Waals surface area (Å²) in [6, 6.07) is 5.25. The number of hydrogen-bond acceptors (Lipinski definition) is 3. The highest BCUT2D eigenvalue weighted by molar-refractivity contribution is 9.10. The van der Waals surface area contributed by atoms with Crippen molar-refractivity contribution in [2.45, 2.75) is 26.4 Å². The zero-order valence-electron chi connectivity index (χ0n) is 9.57. The summed E-state index contributed by atoms with van der Waals surface area (Å²) in [6.07, 6.45) is 0. The first-order chi connectivity index (χ1) is 7.54. The lowest BCUT2D eigenvalue weighted by Crippen LogP contribution is -2.36. The second-order valence-electron chi connectivity index (χ2n) is 4.19. The lowest BCUT2D eigenvalue weighted by Gasteiger charge is -2.20. The highest BCUT2D eigenvalue weighted by Gasteiger charge is 2.11. The van der Waals surface area contributed by atoms with Crippen molar-refractivity contribution in [3.05, 3.63) is 28.2 Å². The van der Waals surface area contributed by atoms with Gasteiger partial charge in [-0.2, -0.15) is 0 Å². The van der Waals surface area contributed by atoms with E-state index in [9.17, 15) is 10.2 Å². The third-order valence-corrected chi connectivity index (χ3v) is 3.36. The van der Waals surface area contributed by atoms with E-state index >= 15 is 0 Å². The standard InChI is InChI=1S/C12H18BrNO2/c1-8(2)12(7-15)14-6-9-5-10(16)3-4-11(9)13/h3-5,8,12,14-16H,6-7H2,1-2H3/t12-/m1/s1. The van der Waals surface area contributed by atoms with Crippen LogP contribution in [0.1, 0.15) is 19.4 Å². The minimum Gasteiger partial charge on any atom is -0.508 e. The summed E-state index contributed by atoms with van der Waals surface area (Å²) >= 11 is 3.43. The van der Waals surface area contributed by atoms with Crippen LogP contribution in [0, 0.1) is 5.92 Å². The molecule has 0 saturated heterocycles. The summed E-state index contributed by atoms with van der Waals surface area (Å²) in [4.78, 5) is 0. The minimum atomic E-state index is 0.0780. The lowest BCUT2D eigenvalue weighted by molar-refractivity contribution is 0.210. The Labute approximate surface area is 105 Å². The number of rotatable bonds is 5. The van der Waals surface area contributed by atoms with Gasteiger partial charge in [-0.1, -0.05) is 29.8 Å². The van der Waals surface area contributed by atoms with E-state index in [0.717, 1.165) is 10.0 Å². The van der Waals surface area contributed by atoms with Crippen LogP contribution >= 0.6 is 15.9 Å². The maximum absolute atomic E-state index is 9.37. The summed E-state index contributed by atoms with van der Waals surface area (Å²) in [5, 5.41) is 21.8. The van der Waals surface area contributed by atoms with Gasteiger partial charge in [0.25, 0.3) is 0 Å². The van der Waals surface area contributed by atoms with Crippen molar-refractivity contribution in [2.24, 2.45) is 5.92 Å². The van der Waals surface area contributed by atoms with E-state index in [-0.39, 0.29) is 18.4 Å². The van der Waals surface area contributed by atoms with E-state index < -0.39 is 0 Å². The molecule has 16 heavy (non-hydrogen) atoms. The van der Waals surface area contributed by atoms with Crippen molar-refractivity contribution < 1.29 is 10.2 Å². The zero-order chi connectivity index (χ0) is 12.1. The molecule has 0 spiro atoms. The molecule has 0 radical (unpaired) electrons. The molecule has 1 aromatic carbocycles. The van der Waals surface area contributed by atoms with Crippen molar-refractivity contribution >= 4 is 15.9 Å². The van der Waals surface area contributed by atoms with Gasteiger partial charge in [0.05, 0.1) is 6.61 Å². The molecule has 3 N–H and O–H groups in total. The van der Waals surface area contributed by atoms with Gasteiger partial charge in [-0.15, -0.1) is 0 Å². The second-order valence-corrected chi connectivity index (χ2v) is 5.04. The fourth-order valence-corrected chi connectivity index (χ4v) is 1.84. The van der Waals surface area contributed by atoms with Gasteiger partial charge in [-0.3, -0.25) is 0 Å². The first-order valence-electron chi connectivity index (χ1n) is 5.36. The van der Waals surface area contributed by atoms with E-state index in [4.69, 9.17) is 0 Å². The van der Waals surface area contributed by atoms with Gasteiger partial charge >= 0.3 is 0 Å². The normalized spacial score (nSPS) is 13.1. The number of aliphatic hydroxyl groups is 1. The molecule has 90 valence electrons. The molecule has 0 heterocycles. The number of benzene rings is 1. The molecule has 3 nitrogen and oxygen atoms in total. The van der Waals surface area contributed by atoms with Gasteiger partial charge in [0.1, 0.15) is 5.75 Å². The van der Waals surface area contributed by atoms with Crippen LogP contribution in [0.2, 0.25) is 0 Å². The van der Waals surface area contributed by atoms with Gasteiger partial charge in [0.15, 0.2) is 0 Å². The van der Waals surface area contributed by atoms with Crippen molar-refractivity contribution in [3.8, 4) is 5.75 Å². The molecule has 1 rings (SSSR count). The smallest absolute Gasteiger partial charge is 0.115 e. The zero-order valence-corrected chi connectivity index (χ0v) is 11.2. The molecule has 1 aromatic rings. The Morgan fingerprint density at radius 2 is 2.06 bits per heavy atom. The molecular weight excluding hydrogens is 270 g/mol. The molecule has 0 aromatic heterocycles. The summed E-state index contributed by atoms with van der Waals surface area (Å²) in [6.45, 7) is 4.86. The molecule has 0 aliphatic rings. The average Bonchev–Trinajstić information content (AvgIpc) is 2.23. The van der Waals surface area contributed by atoms with Crippen LogP contribution < -0.4 is 5.32 Å². The van der Waals surface area contributed by atoms with E-state index in [1.54, 1.807) is 12.1 Å². The topological polar surface area (TPSA) is 52.5 Å². The first-order valence-corrected chi connectivity index (χ1v) is 6.15. The van der Waals surface area contributed by atoms with Gasteiger partial charge in [-0.25, -0.2) is 0 Å². The Hall–Kier alpha value is -0.580. The number of phenolic OH excluding ortho intramolecular Hbond substituents is 1. The average molecular weight is 288 g/mol. The van der Waals surface area contributed by atoms with Crippen molar-refractivity contribution in [1.29, 1.82) is 0 Å². The number of aliphatic hydroxyl groups excluding tert-OH is 1. The van der Waals surface area contributed by atoms with Crippen LogP contribution in [0.5, 0.6) is 5.75 Å². The molecule has 4 heteroatoms. The Bertz CT molecular complexity index is 342. The predicted molar refractivity (Wildman–Crippen MR) is 68.4 cm³/mol. The molecule has 0 aliphatic carbocycles. The van der Waals surface area contributed by atoms with Gasteiger partial charge < -0.3 is 15.5 Å². The summed E-state index contributed by atoms with van der Waals surface area (Å²) in [5.74, 6) is 0.631. The van der Waals surface area contributed by atoms with Crippen molar-refractivity contribution in [2.75, 3.05) is 6.61 Å². The fourth-order valence-electron chi connectivity index (χ4n) is 1.45. The largest absolute Gasteiger partial charge is 0.508 e. The number of hydrogen-bond donors (Lipinski definition) is 3. The summed E-state index contributed by atoms with van der Waals surface area (Å²) < 4.78 is 0.957. The molecule has 0 aliphatic heterocycles. The number of aromatic hydroxyl groups is 1. The third kappa shape index (κ3) is 3.77. The number of phenols is 1. The summed E-state index contributed by atoms with van der Waals surface area (Å²) in [7, 11) is 0. The Morgan fingerprint density at radius 3 is 2.62 bits per heavy atom. The van der Waals surface area contributed by atoms with E-state index in [0.29, 0.717) is 12.5 Å². The van der Waals surface area contributed by atoms with Crippen LogP contribution in [0.25, 0.3) is 0 Å². The third-order valence-electron chi connectivity index (χ3n) is 2.59. The highest BCUT2D eigenvalue weighted by atomic mass is 79.9. The maximum Gasteiger partial charge on any atom is 0.115 e. The molecule has 0 saturated carbocycles. The molecule has 0 unspecified atom stereocenters. The lowest BCUT2D eigenvalue weighted by atomic mass is 10.1. The highest BCUT2D eigenvalue weighted by Crippen LogP contribution is 2.21. The van der Waals surface area contributed by atoms with E-state index in [2.05, 4.69) is 35.1 Å². The molecular formula is C12H18BrNO2. The van der Waals surface area contributed by atoms with Gasteiger partial charge in [0, 0.05) is 17.1 Å². The van der Waals surface area contributed by atoms with Crippen LogP contribution in [0.4, 0.5) is 0 Å². The molecule has 0 fully saturated rings. The monoisotopic (exact) mass is 287 g/mol. The Kier molecular flexibility index (Phi) is 5.25. The number of nitrogens with one attached hydrogen (secondary N) is 1. The Balaban J connectivity index is 2.63. The molecule has 0 bridgehead atoms. The summed E-state index contributed by atoms with van der Waals surface area (Å²) in [5.41, 5.74) is 0.985. The Morgan fingerprint density at radius 1 is 1.38 bits per heavy atom. The first kappa shape index (κ1) is 13.5. The van der Waals surface area contributed by atoms with Crippen molar-refractivity contribution in [3.63, 3.8) is 0 Å². The second kappa shape index (κ2) is 6.23. The fraction of sp³-hybridized carbons (Fsp3) is 0.500. The van der Waals surface area contributed by atoms with E-state index in [1.807, 2.05) is 6.07 Å². The van der Waals surface area contributed by atoms with Gasteiger partial charge in [0.2, 0.25) is 0 Å². The maximum atomic E-state index is 9.37. The van der Waals surface area contributed by atoms with Crippen LogP contribution in [-0.4, -0.2) is 22.9 Å². The SMILES string of the molecule is CC(C)[C@@H](CO)NCc1cc(O)ccc1Br. The van der Waals surface area contributed by atoms with Gasteiger partial charge in [-0.05, 0) is 29.7 Å². The molecule has 0 amide bonds. The van der Waals surface area contributed by atoms with E-state index in [1.165, 1.54) is 0 Å². The quantitative estimate of drug-likeness (QED) is 0.779. The molecule has 1 atom stereocenters. The van der Waals surface area contributed by atoms with Crippen molar-refractivity contribution in [1.82, 2.24) is 5.32 Å². The number of halogens is 1. The minimum absolute atomic E-state index is 0.0780. The predicted octanol–water partition coefficient (Wildman–Crippen LogP) is 2.26.